The minimum absolute atomic E-state index is 0.761. The fourth-order valence-corrected chi connectivity index (χ4v) is 2.75. The lowest BCUT2D eigenvalue weighted by Crippen LogP contribution is -2.32. The fraction of sp³-hybridized carbons (Fsp3) is 0.769. The molecule has 0 aliphatic carbocycles. The molecule has 90 valence electrons. The van der Waals surface area contributed by atoms with Crippen molar-refractivity contribution in [3.05, 3.63) is 17.0 Å². The van der Waals surface area contributed by atoms with Crippen LogP contribution in [0.2, 0.25) is 0 Å². The number of nitrogens with one attached hydrogen (secondary N) is 1. The molecule has 0 radical (unpaired) electrons. The average Bonchev–Trinajstić information content (AvgIpc) is 2.55. The first-order valence-corrected chi connectivity index (χ1v) is 6.46. The smallest absolute Gasteiger partial charge is 0.0628 e. The zero-order valence-electron chi connectivity index (χ0n) is 10.7. The van der Waals surface area contributed by atoms with Crippen molar-refractivity contribution in [1.29, 1.82) is 0 Å². The highest BCUT2D eigenvalue weighted by Gasteiger charge is 2.16. The van der Waals surface area contributed by atoms with E-state index in [0.29, 0.717) is 0 Å². The van der Waals surface area contributed by atoms with Crippen LogP contribution in [0.1, 0.15) is 36.7 Å². The number of hydrogen-bond donors (Lipinski definition) is 1. The average molecular weight is 221 g/mol. The highest BCUT2D eigenvalue weighted by molar-refractivity contribution is 5.24. The van der Waals surface area contributed by atoms with Crippen molar-refractivity contribution in [2.75, 3.05) is 13.1 Å². The van der Waals surface area contributed by atoms with Gasteiger partial charge in [0.25, 0.3) is 0 Å². The van der Waals surface area contributed by atoms with Gasteiger partial charge in [-0.25, -0.2) is 0 Å². The summed E-state index contributed by atoms with van der Waals surface area (Å²) in [6.07, 6.45) is 3.75. The molecule has 3 nitrogen and oxygen atoms in total. The zero-order chi connectivity index (χ0) is 11.5. The van der Waals surface area contributed by atoms with Crippen molar-refractivity contribution in [3.8, 4) is 0 Å². The van der Waals surface area contributed by atoms with Crippen molar-refractivity contribution in [2.24, 2.45) is 5.92 Å². The molecule has 1 atom stereocenters. The van der Waals surface area contributed by atoms with Crippen LogP contribution in [0.4, 0.5) is 0 Å². The maximum absolute atomic E-state index is 4.66. The minimum atomic E-state index is 0.761. The van der Waals surface area contributed by atoms with Crippen molar-refractivity contribution in [3.63, 3.8) is 0 Å². The molecular weight excluding hydrogens is 198 g/mol. The molecule has 0 spiro atoms. The molecule has 16 heavy (non-hydrogen) atoms. The monoisotopic (exact) mass is 221 g/mol. The van der Waals surface area contributed by atoms with Crippen molar-refractivity contribution in [1.82, 2.24) is 15.1 Å². The second-order valence-electron chi connectivity index (χ2n) is 4.90. The molecule has 2 rings (SSSR count). The predicted molar refractivity (Wildman–Crippen MR) is 66.7 cm³/mol. The lowest BCUT2D eigenvalue weighted by atomic mass is 10.00. The van der Waals surface area contributed by atoms with Crippen molar-refractivity contribution >= 4 is 0 Å². The van der Waals surface area contributed by atoms with Gasteiger partial charge in [0.05, 0.1) is 5.69 Å². The topological polar surface area (TPSA) is 29.9 Å². The fourth-order valence-electron chi connectivity index (χ4n) is 2.75. The number of aryl methyl sites for hydroxylation is 1. The Balaban J connectivity index is 2.08. The molecule has 0 saturated carbocycles. The van der Waals surface area contributed by atoms with Gasteiger partial charge in [0.15, 0.2) is 0 Å². The Morgan fingerprint density at radius 2 is 2.25 bits per heavy atom. The van der Waals surface area contributed by atoms with Crippen LogP contribution in [0.3, 0.4) is 0 Å². The quantitative estimate of drug-likeness (QED) is 0.846. The van der Waals surface area contributed by atoms with Gasteiger partial charge in [-0.15, -0.1) is 0 Å². The van der Waals surface area contributed by atoms with Crippen molar-refractivity contribution < 1.29 is 0 Å². The SMILES string of the molecule is CCc1c(C)nn(CC2CCCNC2)c1C. The van der Waals surface area contributed by atoms with Gasteiger partial charge in [0.2, 0.25) is 0 Å². The Bertz CT molecular complexity index is 348. The van der Waals surface area contributed by atoms with E-state index in [-0.39, 0.29) is 0 Å². The van der Waals surface area contributed by atoms with Gasteiger partial charge in [-0.1, -0.05) is 6.92 Å². The van der Waals surface area contributed by atoms with E-state index in [2.05, 4.69) is 35.9 Å². The van der Waals surface area contributed by atoms with Gasteiger partial charge in [-0.2, -0.15) is 5.10 Å². The molecule has 1 aromatic rings. The standard InChI is InChI=1S/C13H23N3/c1-4-13-10(2)15-16(11(13)3)9-12-6-5-7-14-8-12/h12,14H,4-9H2,1-3H3. The number of hydrogen-bond acceptors (Lipinski definition) is 2. The molecule has 3 heteroatoms. The Morgan fingerprint density at radius 1 is 1.44 bits per heavy atom. The second-order valence-corrected chi connectivity index (χ2v) is 4.90. The van der Waals surface area contributed by atoms with E-state index in [1.54, 1.807) is 0 Å². The molecule has 0 aromatic carbocycles. The molecular formula is C13H23N3. The highest BCUT2D eigenvalue weighted by atomic mass is 15.3. The van der Waals surface area contributed by atoms with E-state index in [1.807, 2.05) is 0 Å². The van der Waals surface area contributed by atoms with Crippen LogP contribution < -0.4 is 5.32 Å². The van der Waals surface area contributed by atoms with Crippen LogP contribution >= 0.6 is 0 Å². The summed E-state index contributed by atoms with van der Waals surface area (Å²) >= 11 is 0. The van der Waals surface area contributed by atoms with Gasteiger partial charge < -0.3 is 5.32 Å². The van der Waals surface area contributed by atoms with Crippen LogP contribution in [-0.2, 0) is 13.0 Å². The summed E-state index contributed by atoms with van der Waals surface area (Å²) in [6.45, 7) is 9.97. The van der Waals surface area contributed by atoms with E-state index < -0.39 is 0 Å². The molecule has 0 amide bonds. The molecule has 1 fully saturated rings. The van der Waals surface area contributed by atoms with E-state index in [9.17, 15) is 0 Å². The molecule has 2 heterocycles. The Labute approximate surface area is 98.2 Å². The molecule has 1 aliphatic heterocycles. The van der Waals surface area contributed by atoms with E-state index >= 15 is 0 Å². The van der Waals surface area contributed by atoms with Crippen LogP contribution in [0.25, 0.3) is 0 Å². The first kappa shape index (κ1) is 11.6. The molecule has 1 aromatic heterocycles. The summed E-state index contributed by atoms with van der Waals surface area (Å²) in [5, 5.41) is 8.13. The summed E-state index contributed by atoms with van der Waals surface area (Å²) in [7, 11) is 0. The van der Waals surface area contributed by atoms with Gasteiger partial charge in [-0.3, -0.25) is 4.68 Å². The molecule has 1 saturated heterocycles. The van der Waals surface area contributed by atoms with E-state index in [0.717, 1.165) is 25.4 Å². The molecule has 1 N–H and O–H groups in total. The predicted octanol–water partition coefficient (Wildman–Crippen LogP) is 2.06. The molecule has 1 aliphatic rings. The third-order valence-electron chi connectivity index (χ3n) is 3.71. The normalized spacial score (nSPS) is 21.3. The number of aromatic nitrogens is 2. The number of rotatable bonds is 3. The minimum Gasteiger partial charge on any atom is -0.316 e. The summed E-state index contributed by atoms with van der Waals surface area (Å²) in [5.74, 6) is 0.761. The maximum atomic E-state index is 4.66. The summed E-state index contributed by atoms with van der Waals surface area (Å²) < 4.78 is 2.21. The number of nitrogens with zero attached hydrogens (tertiary/aromatic N) is 2. The zero-order valence-corrected chi connectivity index (χ0v) is 10.7. The first-order chi connectivity index (χ1) is 7.72. The third-order valence-corrected chi connectivity index (χ3v) is 3.71. The van der Waals surface area contributed by atoms with Crippen LogP contribution in [0, 0.1) is 19.8 Å². The summed E-state index contributed by atoms with van der Waals surface area (Å²) in [6, 6.07) is 0. The van der Waals surface area contributed by atoms with Gasteiger partial charge in [-0.05, 0) is 57.7 Å². The van der Waals surface area contributed by atoms with Crippen LogP contribution in [0.5, 0.6) is 0 Å². The van der Waals surface area contributed by atoms with Gasteiger partial charge in [0, 0.05) is 12.2 Å². The van der Waals surface area contributed by atoms with Crippen LogP contribution in [0.15, 0.2) is 0 Å². The summed E-state index contributed by atoms with van der Waals surface area (Å²) in [5.41, 5.74) is 4.01. The maximum Gasteiger partial charge on any atom is 0.0628 e. The van der Waals surface area contributed by atoms with Gasteiger partial charge in [0.1, 0.15) is 0 Å². The second kappa shape index (κ2) is 5.00. The third kappa shape index (κ3) is 2.29. The van der Waals surface area contributed by atoms with E-state index in [1.165, 1.54) is 36.3 Å². The Kier molecular flexibility index (Phi) is 3.64. The summed E-state index contributed by atoms with van der Waals surface area (Å²) in [4.78, 5) is 0. The number of piperidine rings is 1. The van der Waals surface area contributed by atoms with Gasteiger partial charge >= 0.3 is 0 Å². The Morgan fingerprint density at radius 3 is 2.81 bits per heavy atom. The van der Waals surface area contributed by atoms with Crippen molar-refractivity contribution in [2.45, 2.75) is 46.6 Å². The lowest BCUT2D eigenvalue weighted by Gasteiger charge is -2.23. The first-order valence-electron chi connectivity index (χ1n) is 6.46. The largest absolute Gasteiger partial charge is 0.316 e. The van der Waals surface area contributed by atoms with Crippen LogP contribution in [-0.4, -0.2) is 22.9 Å². The molecule has 1 unspecified atom stereocenters. The Hall–Kier alpha value is -0.830. The highest BCUT2D eigenvalue weighted by Crippen LogP contribution is 2.17. The lowest BCUT2D eigenvalue weighted by molar-refractivity contribution is 0.322. The molecule has 0 bridgehead atoms. The van der Waals surface area contributed by atoms with E-state index in [4.69, 9.17) is 0 Å².